The largest absolute Gasteiger partial charge is 0.434 e. The van der Waals surface area contributed by atoms with Gasteiger partial charge in [-0.25, -0.2) is 4.98 Å². The van der Waals surface area contributed by atoms with Crippen molar-refractivity contribution < 1.29 is 4.42 Å². The number of halogens is 2. The van der Waals surface area contributed by atoms with Crippen LogP contribution in [0.3, 0.4) is 0 Å². The lowest BCUT2D eigenvalue weighted by Crippen LogP contribution is -1.74. The quantitative estimate of drug-likeness (QED) is 0.705. The van der Waals surface area contributed by atoms with Crippen molar-refractivity contribution >= 4 is 50.6 Å². The molecule has 2 aromatic heterocycles. The van der Waals surface area contributed by atoms with E-state index in [-0.39, 0.29) is 0 Å². The van der Waals surface area contributed by atoms with Crippen LogP contribution in [0.4, 0.5) is 5.00 Å². The summed E-state index contributed by atoms with van der Waals surface area (Å²) >= 11 is 13.4. The van der Waals surface area contributed by atoms with Crippen LogP contribution in [-0.4, -0.2) is 4.98 Å². The molecule has 1 aromatic carbocycles. The second kappa shape index (κ2) is 4.16. The summed E-state index contributed by atoms with van der Waals surface area (Å²) in [6, 6.07) is 5.25. The molecule has 0 radical (unpaired) electrons. The molecule has 0 fully saturated rings. The lowest BCUT2D eigenvalue weighted by molar-refractivity contribution is 0.621. The van der Waals surface area contributed by atoms with E-state index in [0.29, 0.717) is 27.0 Å². The topological polar surface area (TPSA) is 52.0 Å². The molecule has 3 rings (SSSR count). The summed E-state index contributed by atoms with van der Waals surface area (Å²) in [5.41, 5.74) is 7.99. The van der Waals surface area contributed by atoms with Crippen LogP contribution >= 0.6 is 34.5 Å². The molecule has 3 aromatic rings. The number of hydrogen-bond acceptors (Lipinski definition) is 4. The van der Waals surface area contributed by atoms with E-state index >= 15 is 0 Å². The van der Waals surface area contributed by atoms with Gasteiger partial charge in [0.15, 0.2) is 5.58 Å². The van der Waals surface area contributed by atoms with Gasteiger partial charge in [-0.1, -0.05) is 23.2 Å². The number of fused-ring (bicyclic) bond motifs is 1. The molecule has 0 bridgehead atoms. The van der Waals surface area contributed by atoms with Crippen LogP contribution in [0.1, 0.15) is 5.56 Å². The first-order valence-electron chi connectivity index (χ1n) is 5.16. The molecule has 0 atom stereocenters. The molecule has 0 aliphatic rings. The van der Waals surface area contributed by atoms with Crippen molar-refractivity contribution in [3.05, 3.63) is 33.8 Å². The fourth-order valence-electron chi connectivity index (χ4n) is 1.78. The number of nitrogens with zero attached hydrogens (tertiary/aromatic N) is 1. The molecule has 0 aliphatic heterocycles. The Morgan fingerprint density at radius 1 is 1.28 bits per heavy atom. The molecule has 6 heteroatoms. The van der Waals surface area contributed by atoms with Crippen molar-refractivity contribution in [2.45, 2.75) is 6.92 Å². The van der Waals surface area contributed by atoms with Crippen LogP contribution < -0.4 is 5.73 Å². The van der Waals surface area contributed by atoms with Crippen LogP contribution in [-0.2, 0) is 0 Å². The molecule has 92 valence electrons. The summed E-state index contributed by atoms with van der Waals surface area (Å²) in [7, 11) is 0. The summed E-state index contributed by atoms with van der Waals surface area (Å²) in [5.74, 6) is 0.522. The zero-order chi connectivity index (χ0) is 12.9. The van der Waals surface area contributed by atoms with E-state index in [9.17, 15) is 0 Å². The Morgan fingerprint density at radius 3 is 2.72 bits per heavy atom. The molecule has 0 saturated heterocycles. The summed E-state index contributed by atoms with van der Waals surface area (Å²) in [5, 5.41) is 1.72. The van der Waals surface area contributed by atoms with Crippen molar-refractivity contribution in [2.75, 3.05) is 5.73 Å². The lowest BCUT2D eigenvalue weighted by Gasteiger charge is -1.92. The fraction of sp³-hybridized carbons (Fsp3) is 0.0833. The van der Waals surface area contributed by atoms with Gasteiger partial charge in [-0.15, -0.1) is 11.3 Å². The van der Waals surface area contributed by atoms with E-state index in [0.717, 1.165) is 15.4 Å². The maximum Gasteiger partial charge on any atom is 0.237 e. The highest BCUT2D eigenvalue weighted by molar-refractivity contribution is 7.19. The van der Waals surface area contributed by atoms with Crippen molar-refractivity contribution in [1.82, 2.24) is 4.98 Å². The fourth-order valence-corrected chi connectivity index (χ4v) is 3.16. The summed E-state index contributed by atoms with van der Waals surface area (Å²) in [6.07, 6.45) is 0. The van der Waals surface area contributed by atoms with Crippen LogP contribution in [0.15, 0.2) is 22.6 Å². The maximum absolute atomic E-state index is 6.07. The molecule has 0 spiro atoms. The molecule has 0 amide bonds. The Kier molecular flexibility index (Phi) is 2.73. The molecule has 0 unspecified atom stereocenters. The number of thiophene rings is 1. The van der Waals surface area contributed by atoms with Gasteiger partial charge in [0, 0.05) is 5.02 Å². The number of aromatic nitrogens is 1. The van der Waals surface area contributed by atoms with Gasteiger partial charge in [0.25, 0.3) is 0 Å². The first-order chi connectivity index (χ1) is 8.54. The van der Waals surface area contributed by atoms with E-state index in [1.165, 1.54) is 11.3 Å². The number of oxazole rings is 1. The van der Waals surface area contributed by atoms with Crippen LogP contribution in [0, 0.1) is 6.92 Å². The highest BCUT2D eigenvalue weighted by Gasteiger charge is 2.15. The van der Waals surface area contributed by atoms with Gasteiger partial charge in [0.2, 0.25) is 5.89 Å². The zero-order valence-electron chi connectivity index (χ0n) is 9.33. The maximum atomic E-state index is 6.07. The molecule has 18 heavy (non-hydrogen) atoms. The number of anilines is 1. The number of rotatable bonds is 1. The van der Waals surface area contributed by atoms with Gasteiger partial charge in [0.05, 0.1) is 14.9 Å². The Hall–Kier alpha value is -1.23. The minimum Gasteiger partial charge on any atom is -0.434 e. The molecule has 0 saturated carbocycles. The number of nitrogens with two attached hydrogens (primary N) is 1. The Bertz CT molecular complexity index is 748. The molecule has 3 nitrogen and oxygen atoms in total. The first-order valence-corrected chi connectivity index (χ1v) is 6.73. The Balaban J connectivity index is 2.25. The van der Waals surface area contributed by atoms with E-state index in [1.807, 2.05) is 13.0 Å². The second-order valence-electron chi connectivity index (χ2n) is 3.92. The van der Waals surface area contributed by atoms with Gasteiger partial charge in [-0.05, 0) is 30.7 Å². The third kappa shape index (κ3) is 1.86. The highest BCUT2D eigenvalue weighted by atomic mass is 35.5. The number of hydrogen-bond donors (Lipinski definition) is 1. The normalized spacial score (nSPS) is 11.3. The lowest BCUT2D eigenvalue weighted by atomic mass is 10.3. The standard InChI is InChI=1S/C12H8Cl2N2OS/c1-5-2-9(15)18-11(5)12-16-8-4-6(13)3-7(14)10(8)17-12/h2-4H,15H2,1H3. The third-order valence-electron chi connectivity index (χ3n) is 2.54. The van der Waals surface area contributed by atoms with E-state index < -0.39 is 0 Å². The van der Waals surface area contributed by atoms with E-state index in [4.69, 9.17) is 33.4 Å². The SMILES string of the molecule is Cc1cc(N)sc1-c1nc2cc(Cl)cc(Cl)c2o1. The Morgan fingerprint density at radius 2 is 2.06 bits per heavy atom. The average Bonchev–Trinajstić information content (AvgIpc) is 2.81. The number of aryl methyl sites for hydroxylation is 1. The highest BCUT2D eigenvalue weighted by Crippen LogP contribution is 2.37. The molecular weight excluding hydrogens is 291 g/mol. The minimum atomic E-state index is 0.457. The minimum absolute atomic E-state index is 0.457. The monoisotopic (exact) mass is 298 g/mol. The summed E-state index contributed by atoms with van der Waals surface area (Å²) in [4.78, 5) is 5.31. The van der Waals surface area contributed by atoms with Crippen LogP contribution in [0.25, 0.3) is 21.9 Å². The van der Waals surface area contributed by atoms with Crippen molar-refractivity contribution in [2.24, 2.45) is 0 Å². The number of benzene rings is 1. The molecule has 2 heterocycles. The average molecular weight is 299 g/mol. The molecular formula is C12H8Cl2N2OS. The second-order valence-corrected chi connectivity index (χ2v) is 5.84. The smallest absolute Gasteiger partial charge is 0.237 e. The van der Waals surface area contributed by atoms with Gasteiger partial charge in [-0.3, -0.25) is 0 Å². The zero-order valence-corrected chi connectivity index (χ0v) is 11.7. The predicted octanol–water partition coefficient (Wildman–Crippen LogP) is 4.75. The summed E-state index contributed by atoms with van der Waals surface area (Å²) in [6.45, 7) is 1.96. The number of nitrogen functional groups attached to an aromatic ring is 1. The summed E-state index contributed by atoms with van der Waals surface area (Å²) < 4.78 is 5.69. The molecule has 0 aliphatic carbocycles. The third-order valence-corrected chi connectivity index (χ3v) is 4.09. The molecule has 2 N–H and O–H groups in total. The van der Waals surface area contributed by atoms with Crippen LogP contribution in [0.5, 0.6) is 0 Å². The van der Waals surface area contributed by atoms with Gasteiger partial charge < -0.3 is 10.2 Å². The predicted molar refractivity (Wildman–Crippen MR) is 76.5 cm³/mol. The Labute approximate surface area is 117 Å². The van der Waals surface area contributed by atoms with Crippen molar-refractivity contribution in [3.8, 4) is 10.8 Å². The van der Waals surface area contributed by atoms with Gasteiger partial charge >= 0.3 is 0 Å². The van der Waals surface area contributed by atoms with Gasteiger partial charge in [-0.2, -0.15) is 0 Å². The van der Waals surface area contributed by atoms with Gasteiger partial charge in [0.1, 0.15) is 5.52 Å². The van der Waals surface area contributed by atoms with E-state index in [2.05, 4.69) is 4.98 Å². The van der Waals surface area contributed by atoms with Crippen molar-refractivity contribution in [3.63, 3.8) is 0 Å². The van der Waals surface area contributed by atoms with Crippen LogP contribution in [0.2, 0.25) is 10.0 Å². The first kappa shape index (κ1) is 11.8. The van der Waals surface area contributed by atoms with Crippen molar-refractivity contribution in [1.29, 1.82) is 0 Å². The van der Waals surface area contributed by atoms with E-state index in [1.54, 1.807) is 12.1 Å².